The van der Waals surface area contributed by atoms with Gasteiger partial charge in [0.2, 0.25) is 0 Å². The van der Waals surface area contributed by atoms with Gasteiger partial charge >= 0.3 is 0 Å². The van der Waals surface area contributed by atoms with Gasteiger partial charge in [0.1, 0.15) is 30.2 Å². The molecule has 23 heavy (non-hydrogen) atoms. The van der Waals surface area contributed by atoms with Crippen LogP contribution in [0.3, 0.4) is 0 Å². The van der Waals surface area contributed by atoms with Crippen LogP contribution >= 0.6 is 0 Å². The quantitative estimate of drug-likeness (QED) is 0.636. The normalized spacial score (nSPS) is 27.8. The molecule has 0 spiro atoms. The second kappa shape index (κ2) is 5.43. The lowest BCUT2D eigenvalue weighted by Gasteiger charge is -2.17. The van der Waals surface area contributed by atoms with Crippen molar-refractivity contribution in [1.82, 2.24) is 14.5 Å². The van der Waals surface area contributed by atoms with Crippen LogP contribution in [-0.4, -0.2) is 54.8 Å². The molecule has 4 rings (SSSR count). The number of fused-ring (bicyclic) bond motifs is 1. The van der Waals surface area contributed by atoms with Crippen molar-refractivity contribution < 1.29 is 24.5 Å². The van der Waals surface area contributed by atoms with Gasteiger partial charge in [-0.05, 0) is 12.1 Å². The molecule has 0 saturated carbocycles. The summed E-state index contributed by atoms with van der Waals surface area (Å²) in [4.78, 5) is 8.77. The largest absolute Gasteiger partial charge is 0.472 e. The van der Waals surface area contributed by atoms with Crippen molar-refractivity contribution in [2.45, 2.75) is 24.5 Å². The Morgan fingerprint density at radius 1 is 1.22 bits per heavy atom. The van der Waals surface area contributed by atoms with E-state index in [9.17, 15) is 15.3 Å². The Balaban J connectivity index is 1.77. The van der Waals surface area contributed by atoms with Gasteiger partial charge in [-0.15, -0.1) is 0 Å². The SMILES string of the molecule is OC[C@H]1O[C@@H](n2ccc3cnc(-c4ccoc4)nc32)[C@H](O)[C@@H]1O. The fourth-order valence-electron chi connectivity index (χ4n) is 2.78. The monoisotopic (exact) mass is 317 g/mol. The van der Waals surface area contributed by atoms with Crippen LogP contribution in [-0.2, 0) is 4.74 Å². The van der Waals surface area contributed by atoms with E-state index in [1.807, 2.05) is 0 Å². The van der Waals surface area contributed by atoms with E-state index in [0.29, 0.717) is 11.5 Å². The molecule has 8 nitrogen and oxygen atoms in total. The number of hydrogen-bond donors (Lipinski definition) is 3. The van der Waals surface area contributed by atoms with E-state index in [1.165, 1.54) is 6.26 Å². The second-order valence-electron chi connectivity index (χ2n) is 5.44. The summed E-state index contributed by atoms with van der Waals surface area (Å²) in [6.45, 7) is -0.372. The van der Waals surface area contributed by atoms with Crippen LogP contribution in [0.15, 0.2) is 41.5 Å². The van der Waals surface area contributed by atoms with E-state index < -0.39 is 24.5 Å². The summed E-state index contributed by atoms with van der Waals surface area (Å²) in [6, 6.07) is 3.55. The Kier molecular flexibility index (Phi) is 3.38. The Labute approximate surface area is 130 Å². The van der Waals surface area contributed by atoms with Gasteiger partial charge in [-0.2, -0.15) is 0 Å². The van der Waals surface area contributed by atoms with E-state index in [-0.39, 0.29) is 6.61 Å². The van der Waals surface area contributed by atoms with E-state index >= 15 is 0 Å². The molecular weight excluding hydrogens is 302 g/mol. The predicted molar refractivity (Wildman–Crippen MR) is 78.2 cm³/mol. The van der Waals surface area contributed by atoms with Crippen molar-refractivity contribution in [3.8, 4) is 11.4 Å². The minimum Gasteiger partial charge on any atom is -0.472 e. The number of hydrogen-bond acceptors (Lipinski definition) is 7. The summed E-state index contributed by atoms with van der Waals surface area (Å²) < 4.78 is 12.2. The van der Waals surface area contributed by atoms with Crippen molar-refractivity contribution >= 4 is 11.0 Å². The molecule has 3 N–H and O–H groups in total. The lowest BCUT2D eigenvalue weighted by atomic mass is 10.1. The minimum absolute atomic E-state index is 0.372. The molecule has 0 amide bonds. The maximum atomic E-state index is 10.2. The van der Waals surface area contributed by atoms with Gasteiger partial charge < -0.3 is 29.0 Å². The van der Waals surface area contributed by atoms with E-state index in [2.05, 4.69) is 9.97 Å². The maximum absolute atomic E-state index is 10.2. The van der Waals surface area contributed by atoms with Crippen LogP contribution in [0.5, 0.6) is 0 Å². The third kappa shape index (κ3) is 2.23. The lowest BCUT2D eigenvalue weighted by Crippen LogP contribution is -2.33. The number of ether oxygens (including phenoxy) is 1. The Bertz CT molecular complexity index is 816. The molecule has 0 aliphatic carbocycles. The first kappa shape index (κ1) is 14.3. The Morgan fingerprint density at radius 3 is 2.78 bits per heavy atom. The van der Waals surface area contributed by atoms with Crippen LogP contribution in [0.25, 0.3) is 22.4 Å². The van der Waals surface area contributed by atoms with Gasteiger partial charge in [0, 0.05) is 17.8 Å². The standard InChI is InChI=1S/C15H15N3O5/c19-6-10-11(20)12(21)15(23-10)18-3-1-8-5-16-13(17-14(8)18)9-2-4-22-7-9/h1-5,7,10-12,15,19-21H,6H2/t10-,11-,12-,15-/m1/s1. The van der Waals surface area contributed by atoms with Crippen molar-refractivity contribution in [3.05, 3.63) is 37.1 Å². The number of aliphatic hydroxyl groups is 3. The number of rotatable bonds is 3. The molecule has 0 radical (unpaired) electrons. The smallest absolute Gasteiger partial charge is 0.164 e. The van der Waals surface area contributed by atoms with E-state index in [1.54, 1.807) is 35.4 Å². The summed E-state index contributed by atoms with van der Waals surface area (Å²) in [5, 5.41) is 30.1. The van der Waals surface area contributed by atoms with Gasteiger partial charge in [-0.3, -0.25) is 0 Å². The van der Waals surface area contributed by atoms with Crippen LogP contribution in [0.1, 0.15) is 6.23 Å². The molecule has 0 aromatic carbocycles. The maximum Gasteiger partial charge on any atom is 0.164 e. The number of furan rings is 1. The van der Waals surface area contributed by atoms with Crippen LogP contribution < -0.4 is 0 Å². The van der Waals surface area contributed by atoms with E-state index in [0.717, 1.165) is 10.9 Å². The molecule has 4 atom stereocenters. The molecule has 3 aromatic rings. The molecule has 1 fully saturated rings. The van der Waals surface area contributed by atoms with Gasteiger partial charge in [-0.1, -0.05) is 0 Å². The third-order valence-corrected chi connectivity index (χ3v) is 4.03. The molecule has 1 aliphatic rings. The first-order valence-electron chi connectivity index (χ1n) is 7.17. The Hall–Kier alpha value is -2.26. The summed E-state index contributed by atoms with van der Waals surface area (Å²) in [7, 11) is 0. The van der Waals surface area contributed by atoms with Crippen LogP contribution in [0.4, 0.5) is 0 Å². The minimum atomic E-state index is -1.16. The average molecular weight is 317 g/mol. The number of aromatic nitrogens is 3. The first-order valence-corrected chi connectivity index (χ1v) is 7.17. The highest BCUT2D eigenvalue weighted by atomic mass is 16.6. The summed E-state index contributed by atoms with van der Waals surface area (Å²) >= 11 is 0. The van der Waals surface area contributed by atoms with Crippen molar-refractivity contribution in [2.75, 3.05) is 6.61 Å². The zero-order valence-electron chi connectivity index (χ0n) is 12.0. The molecule has 3 aromatic heterocycles. The van der Waals surface area contributed by atoms with Crippen LogP contribution in [0, 0.1) is 0 Å². The molecule has 4 heterocycles. The molecule has 0 unspecified atom stereocenters. The average Bonchev–Trinajstić information content (AvgIpc) is 3.28. The third-order valence-electron chi connectivity index (χ3n) is 4.03. The van der Waals surface area contributed by atoms with Gasteiger partial charge in [0.25, 0.3) is 0 Å². The van der Waals surface area contributed by atoms with Gasteiger partial charge in [0.05, 0.1) is 18.4 Å². The van der Waals surface area contributed by atoms with E-state index in [4.69, 9.17) is 9.15 Å². The van der Waals surface area contributed by atoms with Crippen molar-refractivity contribution in [1.29, 1.82) is 0 Å². The highest BCUT2D eigenvalue weighted by molar-refractivity contribution is 5.77. The zero-order chi connectivity index (χ0) is 16.0. The summed E-state index contributed by atoms with van der Waals surface area (Å²) in [6.07, 6.45) is 2.48. The van der Waals surface area contributed by atoms with Gasteiger partial charge in [-0.25, -0.2) is 9.97 Å². The lowest BCUT2D eigenvalue weighted by molar-refractivity contribution is -0.0508. The van der Waals surface area contributed by atoms with Crippen LogP contribution in [0.2, 0.25) is 0 Å². The number of nitrogens with zero attached hydrogens (tertiary/aromatic N) is 3. The highest BCUT2D eigenvalue weighted by Gasteiger charge is 2.43. The van der Waals surface area contributed by atoms with Crippen molar-refractivity contribution in [2.24, 2.45) is 0 Å². The number of aliphatic hydroxyl groups excluding tert-OH is 3. The molecular formula is C15H15N3O5. The molecule has 120 valence electrons. The second-order valence-corrected chi connectivity index (χ2v) is 5.44. The first-order chi connectivity index (χ1) is 11.2. The summed E-state index contributed by atoms with van der Waals surface area (Å²) in [5.41, 5.74) is 1.30. The fraction of sp³-hybridized carbons (Fsp3) is 0.333. The Morgan fingerprint density at radius 2 is 2.09 bits per heavy atom. The predicted octanol–water partition coefficient (Wildman–Crippen LogP) is 0.303. The highest BCUT2D eigenvalue weighted by Crippen LogP contribution is 2.32. The summed E-state index contributed by atoms with van der Waals surface area (Å²) in [5.74, 6) is 0.484. The fourth-order valence-corrected chi connectivity index (χ4v) is 2.78. The molecule has 0 bridgehead atoms. The molecule has 1 aliphatic heterocycles. The topological polar surface area (TPSA) is 114 Å². The zero-order valence-corrected chi connectivity index (χ0v) is 12.0. The van der Waals surface area contributed by atoms with Gasteiger partial charge in [0.15, 0.2) is 12.1 Å². The molecule has 8 heteroatoms. The van der Waals surface area contributed by atoms with Crippen molar-refractivity contribution in [3.63, 3.8) is 0 Å². The molecule has 1 saturated heterocycles.